The smallest absolute Gasteiger partial charge is 0.404 e. The van der Waals surface area contributed by atoms with E-state index in [1.807, 2.05) is 12.1 Å². The average molecular weight is 699 g/mol. The molecule has 282 valence electrons. The number of hydrogen-bond donors (Lipinski definition) is 3. The van der Waals surface area contributed by atoms with Crippen molar-refractivity contribution in [1.29, 1.82) is 0 Å². The molecule has 2 rings (SSSR count). The second-order valence-electron chi connectivity index (χ2n) is 13.9. The summed E-state index contributed by atoms with van der Waals surface area (Å²) in [5.41, 5.74) is 6.43. The highest BCUT2D eigenvalue weighted by atomic mass is 19.1. The molecule has 0 aliphatic heterocycles. The van der Waals surface area contributed by atoms with E-state index in [1.165, 1.54) is 101 Å². The van der Waals surface area contributed by atoms with E-state index in [0.29, 0.717) is 18.6 Å². The maximum absolute atomic E-state index is 13.1. The third-order valence-corrected chi connectivity index (χ3v) is 9.41. The standard InChI is InChI=1S/C42H67FN2O5/c1-2-3-4-5-6-7-8-9-10-11-15-18-21-24-40(46)39(34-49-42(44)48)45-41(47)25-22-19-16-13-12-14-17-20-23-35-26-30-37(31-27-35)50-38-32-28-36(43)29-33-38/h26-33,39-40,46H,2-25,34H2,1H3,(H2,44,48)(H,45,47)/t39-,40?/m0/s1. The summed E-state index contributed by atoms with van der Waals surface area (Å²) < 4.78 is 23.8. The van der Waals surface area contributed by atoms with Crippen LogP contribution in [-0.4, -0.2) is 35.9 Å². The zero-order chi connectivity index (χ0) is 36.1. The van der Waals surface area contributed by atoms with Gasteiger partial charge in [-0.1, -0.05) is 141 Å². The zero-order valence-electron chi connectivity index (χ0n) is 31.0. The lowest BCUT2D eigenvalue weighted by Crippen LogP contribution is -2.47. The number of rotatable bonds is 31. The number of carbonyl (C=O) groups excluding carboxylic acids is 2. The average Bonchev–Trinajstić information content (AvgIpc) is 3.11. The number of ether oxygens (including phenoxy) is 2. The second kappa shape index (κ2) is 28.6. The molecule has 2 aromatic rings. The molecule has 2 atom stereocenters. The first-order valence-corrected chi connectivity index (χ1v) is 19.8. The molecule has 0 aromatic heterocycles. The van der Waals surface area contributed by atoms with Gasteiger partial charge in [-0.3, -0.25) is 4.79 Å². The Morgan fingerprint density at radius 3 is 1.66 bits per heavy atom. The van der Waals surface area contributed by atoms with Gasteiger partial charge in [0.15, 0.2) is 0 Å². The molecule has 0 saturated heterocycles. The summed E-state index contributed by atoms with van der Waals surface area (Å²) in [6.45, 7) is 2.14. The molecule has 2 aromatic carbocycles. The van der Waals surface area contributed by atoms with E-state index in [4.69, 9.17) is 15.2 Å². The van der Waals surface area contributed by atoms with Crippen LogP contribution in [0.1, 0.15) is 160 Å². The van der Waals surface area contributed by atoms with E-state index >= 15 is 0 Å². The van der Waals surface area contributed by atoms with Crippen molar-refractivity contribution in [2.45, 2.75) is 173 Å². The van der Waals surface area contributed by atoms with Crippen LogP contribution in [0.5, 0.6) is 11.5 Å². The van der Waals surface area contributed by atoms with Crippen molar-refractivity contribution in [2.75, 3.05) is 6.61 Å². The summed E-state index contributed by atoms with van der Waals surface area (Å²) >= 11 is 0. The van der Waals surface area contributed by atoms with Crippen molar-refractivity contribution in [2.24, 2.45) is 5.73 Å². The number of unbranched alkanes of at least 4 members (excludes halogenated alkanes) is 19. The first-order chi connectivity index (χ1) is 24.4. The molecule has 0 saturated carbocycles. The molecule has 2 amide bonds. The van der Waals surface area contributed by atoms with Crippen molar-refractivity contribution in [3.63, 3.8) is 0 Å². The van der Waals surface area contributed by atoms with Crippen LogP contribution in [0.3, 0.4) is 0 Å². The van der Waals surface area contributed by atoms with Gasteiger partial charge in [0.05, 0.1) is 12.1 Å². The Balaban J connectivity index is 1.47. The van der Waals surface area contributed by atoms with E-state index in [2.05, 4.69) is 24.4 Å². The number of amides is 2. The SMILES string of the molecule is CCCCCCCCCCCCCCCC(O)[C@H](COC(N)=O)NC(=O)CCCCCCCCCCc1ccc(Oc2ccc(F)cc2)cc1. The van der Waals surface area contributed by atoms with Crippen LogP contribution >= 0.6 is 0 Å². The first kappa shape index (κ1) is 43.0. The second-order valence-corrected chi connectivity index (χ2v) is 13.9. The van der Waals surface area contributed by atoms with E-state index in [0.717, 1.165) is 63.5 Å². The topological polar surface area (TPSA) is 111 Å². The Hall–Kier alpha value is -3.13. The van der Waals surface area contributed by atoms with Gasteiger partial charge in [-0.05, 0) is 67.6 Å². The molecule has 0 bridgehead atoms. The minimum atomic E-state index is -0.902. The Bertz CT molecular complexity index is 1130. The molecule has 0 fully saturated rings. The number of benzene rings is 2. The summed E-state index contributed by atoms with van der Waals surface area (Å²) in [4.78, 5) is 23.8. The number of aryl methyl sites for hydroxylation is 1. The lowest BCUT2D eigenvalue weighted by atomic mass is 10.0. The summed E-state index contributed by atoms with van der Waals surface area (Å²) in [7, 11) is 0. The van der Waals surface area contributed by atoms with Gasteiger partial charge in [0.1, 0.15) is 23.9 Å². The third kappa shape index (κ3) is 22.6. The summed E-state index contributed by atoms with van der Waals surface area (Å²) in [6, 6.07) is 13.5. The van der Waals surface area contributed by atoms with E-state index < -0.39 is 18.2 Å². The van der Waals surface area contributed by atoms with Crippen molar-refractivity contribution >= 4 is 12.0 Å². The molecule has 7 nitrogen and oxygen atoms in total. The number of aliphatic hydroxyl groups excluding tert-OH is 1. The van der Waals surface area contributed by atoms with E-state index in [9.17, 15) is 19.1 Å². The van der Waals surface area contributed by atoms with Crippen molar-refractivity contribution in [3.8, 4) is 11.5 Å². The number of carbonyl (C=O) groups is 2. The highest BCUT2D eigenvalue weighted by Crippen LogP contribution is 2.23. The van der Waals surface area contributed by atoms with Crippen molar-refractivity contribution < 1.29 is 28.6 Å². The summed E-state index contributed by atoms with van der Waals surface area (Å²) in [5, 5.41) is 13.6. The number of halogens is 1. The van der Waals surface area contributed by atoms with Gasteiger partial charge in [0.25, 0.3) is 0 Å². The van der Waals surface area contributed by atoms with E-state index in [1.54, 1.807) is 12.1 Å². The molecular formula is C42H67FN2O5. The molecule has 0 aliphatic carbocycles. The Morgan fingerprint density at radius 1 is 0.680 bits per heavy atom. The molecular weight excluding hydrogens is 631 g/mol. The van der Waals surface area contributed by atoms with Crippen LogP contribution in [0.2, 0.25) is 0 Å². The predicted molar refractivity (Wildman–Crippen MR) is 202 cm³/mol. The summed E-state index contributed by atoms with van der Waals surface area (Å²) in [6.07, 6.45) is 25.5. The minimum Gasteiger partial charge on any atom is -0.457 e. The lowest BCUT2D eigenvalue weighted by molar-refractivity contribution is -0.123. The molecule has 0 aliphatic rings. The van der Waals surface area contributed by atoms with Gasteiger partial charge in [-0.15, -0.1) is 0 Å². The highest BCUT2D eigenvalue weighted by molar-refractivity contribution is 5.76. The summed E-state index contributed by atoms with van der Waals surface area (Å²) in [5.74, 6) is 0.962. The van der Waals surface area contributed by atoms with Crippen LogP contribution in [0.4, 0.5) is 9.18 Å². The molecule has 0 spiro atoms. The van der Waals surface area contributed by atoms with Gasteiger partial charge in [0.2, 0.25) is 5.91 Å². The predicted octanol–water partition coefficient (Wildman–Crippen LogP) is 11.1. The molecule has 8 heteroatoms. The Kier molecular flexibility index (Phi) is 24.6. The maximum Gasteiger partial charge on any atom is 0.404 e. The highest BCUT2D eigenvalue weighted by Gasteiger charge is 2.22. The van der Waals surface area contributed by atoms with Crippen molar-refractivity contribution in [3.05, 3.63) is 59.9 Å². The van der Waals surface area contributed by atoms with Gasteiger partial charge in [0, 0.05) is 6.42 Å². The van der Waals surface area contributed by atoms with Crippen LogP contribution in [0.15, 0.2) is 48.5 Å². The lowest BCUT2D eigenvalue weighted by Gasteiger charge is -2.23. The molecule has 50 heavy (non-hydrogen) atoms. The largest absolute Gasteiger partial charge is 0.457 e. The first-order valence-electron chi connectivity index (χ1n) is 19.8. The molecule has 0 radical (unpaired) electrons. The fourth-order valence-corrected chi connectivity index (χ4v) is 6.31. The fraction of sp³-hybridized carbons (Fsp3) is 0.667. The van der Waals surface area contributed by atoms with Crippen LogP contribution in [0.25, 0.3) is 0 Å². The van der Waals surface area contributed by atoms with E-state index in [-0.39, 0.29) is 18.3 Å². The van der Waals surface area contributed by atoms with Crippen LogP contribution < -0.4 is 15.8 Å². The number of nitrogens with two attached hydrogens (primary N) is 1. The molecule has 0 heterocycles. The van der Waals surface area contributed by atoms with Gasteiger partial charge < -0.3 is 25.6 Å². The van der Waals surface area contributed by atoms with Crippen LogP contribution in [-0.2, 0) is 16.0 Å². The minimum absolute atomic E-state index is 0.113. The number of nitrogens with one attached hydrogen (secondary N) is 1. The zero-order valence-corrected chi connectivity index (χ0v) is 31.0. The molecule has 4 N–H and O–H groups in total. The third-order valence-electron chi connectivity index (χ3n) is 9.41. The fourth-order valence-electron chi connectivity index (χ4n) is 6.31. The monoisotopic (exact) mass is 699 g/mol. The van der Waals surface area contributed by atoms with Gasteiger partial charge in [-0.25, -0.2) is 9.18 Å². The number of hydrogen-bond acceptors (Lipinski definition) is 5. The van der Waals surface area contributed by atoms with Gasteiger partial charge in [-0.2, -0.15) is 0 Å². The maximum atomic E-state index is 13.1. The quantitative estimate of drug-likeness (QED) is 0.0679. The number of aliphatic hydroxyl groups is 1. The van der Waals surface area contributed by atoms with Gasteiger partial charge >= 0.3 is 6.09 Å². The number of primary amides is 1. The normalized spacial score (nSPS) is 12.4. The van der Waals surface area contributed by atoms with Crippen LogP contribution in [0, 0.1) is 5.82 Å². The Labute approximate surface area is 302 Å². The molecule has 1 unspecified atom stereocenters. The van der Waals surface area contributed by atoms with Crippen molar-refractivity contribution in [1.82, 2.24) is 5.32 Å². The Morgan fingerprint density at radius 2 is 1.14 bits per heavy atom.